The molecule has 4 aromatic carbocycles. The molecule has 0 saturated heterocycles. The molecule has 64 heavy (non-hydrogen) atoms. The minimum atomic E-state index is -1.10. The Bertz CT molecular complexity index is 2670. The number of nitrogens with zero attached hydrogens (tertiary/aromatic N) is 4. The summed E-state index contributed by atoms with van der Waals surface area (Å²) in [5.41, 5.74) is 9.71. The summed E-state index contributed by atoms with van der Waals surface area (Å²) in [5.74, 6) is 0.491. The number of hydrogen-bond donors (Lipinski definition) is 4. The van der Waals surface area contributed by atoms with Gasteiger partial charge in [-0.3, -0.25) is 19.8 Å². The number of aliphatic carboxylic acids is 1. The molecule has 330 valence electrons. The normalized spacial score (nSPS) is 11.6. The Labute approximate surface area is 381 Å². The molecule has 0 fully saturated rings. The van der Waals surface area contributed by atoms with Gasteiger partial charge in [0.2, 0.25) is 0 Å². The van der Waals surface area contributed by atoms with Gasteiger partial charge in [0.15, 0.2) is 0 Å². The van der Waals surface area contributed by atoms with Crippen LogP contribution in [0, 0.1) is 25.2 Å². The van der Waals surface area contributed by atoms with Crippen LogP contribution in [0.25, 0.3) is 11.1 Å². The number of aliphatic hydroxyl groups is 2. The Morgan fingerprint density at radius 2 is 1.30 bits per heavy atom. The first-order valence-electron chi connectivity index (χ1n) is 20.2. The monoisotopic (exact) mass is 903 g/mol. The van der Waals surface area contributed by atoms with Crippen molar-refractivity contribution in [2.75, 3.05) is 13.7 Å². The molecule has 0 saturated carbocycles. The number of carbonyl (C=O) groups is 1. The number of hydrogen-bond acceptors (Lipinski definition) is 12. The second-order valence-electron chi connectivity index (χ2n) is 14.8. The summed E-state index contributed by atoms with van der Waals surface area (Å²) in [6.07, 6.45) is 8.20. The largest absolute Gasteiger partial charge is 0.488 e. The third-order valence-electron chi connectivity index (χ3n) is 10.4. The van der Waals surface area contributed by atoms with E-state index in [1.165, 1.54) is 6.20 Å². The van der Waals surface area contributed by atoms with Gasteiger partial charge in [0.25, 0.3) is 0 Å². The first-order valence-corrected chi connectivity index (χ1v) is 21.0. The Hall–Kier alpha value is -6.53. The molecule has 4 N–H and O–H groups in total. The molecular weight excluding hydrogens is 857 g/mol. The molecule has 0 spiro atoms. The fourth-order valence-corrected chi connectivity index (χ4v) is 7.39. The third kappa shape index (κ3) is 12.1. The van der Waals surface area contributed by atoms with E-state index in [9.17, 15) is 25.4 Å². The minimum Gasteiger partial charge on any atom is -0.488 e. The molecular formula is C49H47Cl2N5O8. The number of aliphatic imine (C=N–C) groups is 1. The molecule has 6 rings (SSSR count). The van der Waals surface area contributed by atoms with Crippen LogP contribution < -0.4 is 24.3 Å². The number of benzene rings is 4. The van der Waals surface area contributed by atoms with Crippen LogP contribution in [0.5, 0.6) is 23.0 Å². The van der Waals surface area contributed by atoms with Gasteiger partial charge in [0, 0.05) is 91.2 Å². The van der Waals surface area contributed by atoms with Crippen LogP contribution in [0.3, 0.4) is 0 Å². The molecule has 0 aliphatic rings. The molecule has 0 unspecified atom stereocenters. The van der Waals surface area contributed by atoms with Crippen molar-refractivity contribution in [1.29, 1.82) is 5.26 Å². The Morgan fingerprint density at radius 3 is 1.84 bits per heavy atom. The van der Waals surface area contributed by atoms with Crippen molar-refractivity contribution in [2.45, 2.75) is 65.9 Å². The van der Waals surface area contributed by atoms with Gasteiger partial charge >= 0.3 is 5.97 Å². The number of aromatic nitrogens is 2. The van der Waals surface area contributed by atoms with Crippen molar-refractivity contribution in [3.05, 3.63) is 163 Å². The van der Waals surface area contributed by atoms with Crippen LogP contribution in [-0.2, 0) is 44.4 Å². The zero-order valence-corrected chi connectivity index (χ0v) is 37.0. The van der Waals surface area contributed by atoms with Crippen LogP contribution in [0.1, 0.15) is 62.1 Å². The van der Waals surface area contributed by atoms with Crippen LogP contribution >= 0.6 is 23.2 Å². The van der Waals surface area contributed by atoms with Crippen molar-refractivity contribution in [1.82, 2.24) is 15.3 Å². The Kier molecular flexibility index (Phi) is 16.7. The number of halogens is 2. The first kappa shape index (κ1) is 47.0. The minimum absolute atomic E-state index is 0.0146. The van der Waals surface area contributed by atoms with E-state index in [4.69, 9.17) is 42.1 Å². The predicted molar refractivity (Wildman–Crippen MR) is 244 cm³/mol. The Morgan fingerprint density at radius 1 is 0.750 bits per heavy atom. The highest BCUT2D eigenvalue weighted by Crippen LogP contribution is 2.37. The van der Waals surface area contributed by atoms with E-state index in [1.54, 1.807) is 62.2 Å². The molecule has 13 nitrogen and oxygen atoms in total. The van der Waals surface area contributed by atoms with Gasteiger partial charge in [-0.1, -0.05) is 59.6 Å². The summed E-state index contributed by atoms with van der Waals surface area (Å²) in [5, 5.41) is 42.0. The maximum Gasteiger partial charge on any atom is 0.320 e. The number of nitriles is 1. The number of rotatable bonds is 21. The molecule has 0 aliphatic heterocycles. The van der Waals surface area contributed by atoms with Gasteiger partial charge in [-0.25, -0.2) is 0 Å². The second kappa shape index (κ2) is 22.7. The van der Waals surface area contributed by atoms with Crippen LogP contribution in [0.15, 0.2) is 103 Å². The lowest BCUT2D eigenvalue weighted by Gasteiger charge is -2.19. The summed E-state index contributed by atoms with van der Waals surface area (Å²) in [4.78, 5) is 24.2. The van der Waals surface area contributed by atoms with Crippen molar-refractivity contribution >= 4 is 35.4 Å². The highest BCUT2D eigenvalue weighted by Gasteiger charge is 2.20. The lowest BCUT2D eigenvalue weighted by atomic mass is 9.92. The van der Waals surface area contributed by atoms with Crippen molar-refractivity contribution in [2.24, 2.45) is 4.99 Å². The van der Waals surface area contributed by atoms with Crippen molar-refractivity contribution in [3.8, 4) is 40.2 Å². The molecule has 0 amide bonds. The van der Waals surface area contributed by atoms with E-state index in [0.717, 1.165) is 44.5 Å². The van der Waals surface area contributed by atoms with Crippen LogP contribution in [0.2, 0.25) is 10.0 Å². The summed E-state index contributed by atoms with van der Waals surface area (Å²) in [6, 6.07) is 23.4. The third-order valence-corrected chi connectivity index (χ3v) is 11.0. The molecule has 2 heterocycles. The van der Waals surface area contributed by atoms with Gasteiger partial charge in [-0.2, -0.15) is 5.26 Å². The maximum atomic E-state index is 11.8. The topological polar surface area (TPSA) is 189 Å². The fourth-order valence-electron chi connectivity index (χ4n) is 6.91. The number of pyridine rings is 2. The van der Waals surface area contributed by atoms with Gasteiger partial charge in [-0.15, -0.1) is 0 Å². The fraction of sp³-hybridized carbons (Fsp3) is 0.245. The van der Waals surface area contributed by atoms with E-state index >= 15 is 0 Å². The summed E-state index contributed by atoms with van der Waals surface area (Å²) >= 11 is 13.4. The highest BCUT2D eigenvalue weighted by atomic mass is 35.5. The molecule has 1 atom stereocenters. The Balaban J connectivity index is 1.18. The van der Waals surface area contributed by atoms with Gasteiger partial charge < -0.3 is 39.6 Å². The lowest BCUT2D eigenvalue weighted by molar-refractivity contribution is -0.140. The van der Waals surface area contributed by atoms with Gasteiger partial charge in [0.1, 0.15) is 61.5 Å². The van der Waals surface area contributed by atoms with E-state index in [-0.39, 0.29) is 52.6 Å². The van der Waals surface area contributed by atoms with Crippen LogP contribution in [-0.4, -0.2) is 57.2 Å². The smallest absolute Gasteiger partial charge is 0.320 e. The number of carboxylic acid groups (broad SMARTS) is 1. The van der Waals surface area contributed by atoms with Crippen molar-refractivity contribution < 1.29 is 39.1 Å². The predicted octanol–water partition coefficient (Wildman–Crippen LogP) is 8.72. The SMILES string of the molecule is C/N=C/c1cncc(COc2cc(OCc3cccc(-c4cccc(COc5cc(OCc6cncc(C#N)c6)c(CN[C@@H](CCO)C(=O)O)cc5Cl)c4C)c3C)c(Cl)cc2CO)c1. The quantitative estimate of drug-likeness (QED) is 0.0504. The maximum absolute atomic E-state index is 11.8. The molecule has 6 aromatic rings. The summed E-state index contributed by atoms with van der Waals surface area (Å²) in [7, 11) is 1.69. The highest BCUT2D eigenvalue weighted by molar-refractivity contribution is 6.32. The number of carboxylic acids is 1. The molecule has 2 aromatic heterocycles. The number of nitrogens with one attached hydrogen (secondary N) is 1. The van der Waals surface area contributed by atoms with Gasteiger partial charge in [-0.05, 0) is 77.9 Å². The van der Waals surface area contributed by atoms with E-state index < -0.39 is 12.0 Å². The number of aliphatic hydroxyl groups excluding tert-OH is 2. The van der Waals surface area contributed by atoms with E-state index in [0.29, 0.717) is 55.3 Å². The van der Waals surface area contributed by atoms with Crippen LogP contribution in [0.4, 0.5) is 0 Å². The van der Waals surface area contributed by atoms with Gasteiger partial charge in [0.05, 0.1) is 22.2 Å². The van der Waals surface area contributed by atoms with E-state index in [2.05, 4.69) is 38.5 Å². The summed E-state index contributed by atoms with van der Waals surface area (Å²) < 4.78 is 24.9. The zero-order chi connectivity index (χ0) is 45.6. The molecule has 0 aliphatic carbocycles. The second-order valence-corrected chi connectivity index (χ2v) is 15.6. The average Bonchev–Trinajstić information content (AvgIpc) is 3.29. The van der Waals surface area contributed by atoms with E-state index in [1.807, 2.05) is 44.2 Å². The lowest BCUT2D eigenvalue weighted by Crippen LogP contribution is -2.37. The standard InChI is InChI=1S/C49H47Cl2N5O8/c1-30-36(28-63-47-16-45(61-26-34-12-32(18-52)20-54-22-34)38(14-42(47)50)24-56-44(10-11-57)49(59)60)6-4-8-40(30)41-9-5-7-37(31(41)2)29-64-48-17-46(39(25-58)15-43(48)51)62-27-35-13-33(19-53-3)21-55-23-35/h4-9,12-17,19-23,44,56-58H,10-11,24-29H2,1-3H3,(H,59,60)/b53-19+/t44-/m0/s1. The molecule has 0 radical (unpaired) electrons. The molecule has 0 bridgehead atoms. The average molecular weight is 905 g/mol. The number of ether oxygens (including phenoxy) is 4. The zero-order valence-electron chi connectivity index (χ0n) is 35.5. The summed E-state index contributed by atoms with van der Waals surface area (Å²) in [6.45, 7) is 4.25. The molecule has 15 heteroatoms. The van der Waals surface area contributed by atoms with Crippen molar-refractivity contribution in [3.63, 3.8) is 0 Å². The first-order chi connectivity index (χ1) is 31.0.